The highest BCUT2D eigenvalue weighted by molar-refractivity contribution is 5.90. The highest BCUT2D eigenvalue weighted by Gasteiger charge is 2.29. The fourth-order valence-electron chi connectivity index (χ4n) is 3.47. The Labute approximate surface area is 149 Å². The molecule has 0 aromatic heterocycles. The van der Waals surface area contributed by atoms with Crippen LogP contribution in [0.25, 0.3) is 5.57 Å². The van der Waals surface area contributed by atoms with Crippen LogP contribution in [0.15, 0.2) is 42.5 Å². The third-order valence-corrected chi connectivity index (χ3v) is 5.06. The van der Waals surface area contributed by atoms with Gasteiger partial charge in [0, 0.05) is 5.56 Å². The fourth-order valence-corrected chi connectivity index (χ4v) is 3.47. The minimum absolute atomic E-state index is 0.0888. The number of carboxylic acid groups (broad SMARTS) is 1. The molecular formula is C22H24O3. The number of fused-ring (bicyclic) bond motifs is 1. The van der Waals surface area contributed by atoms with E-state index in [1.54, 1.807) is 6.07 Å². The first kappa shape index (κ1) is 17.3. The van der Waals surface area contributed by atoms with E-state index in [-0.39, 0.29) is 5.41 Å². The van der Waals surface area contributed by atoms with E-state index in [9.17, 15) is 9.90 Å². The molecule has 2 aromatic carbocycles. The van der Waals surface area contributed by atoms with E-state index in [0.717, 1.165) is 41.0 Å². The Hall–Kier alpha value is -2.55. The average molecular weight is 336 g/mol. The summed E-state index contributed by atoms with van der Waals surface area (Å²) in [6.45, 7) is 9.10. The lowest BCUT2D eigenvalue weighted by Gasteiger charge is -2.33. The summed E-state index contributed by atoms with van der Waals surface area (Å²) < 4.78 is 5.81. The van der Waals surface area contributed by atoms with Gasteiger partial charge in [-0.1, -0.05) is 38.1 Å². The molecule has 0 fully saturated rings. The van der Waals surface area contributed by atoms with E-state index in [1.807, 2.05) is 32.0 Å². The molecule has 0 spiro atoms. The zero-order valence-electron chi connectivity index (χ0n) is 15.2. The van der Waals surface area contributed by atoms with Crippen molar-refractivity contribution in [1.29, 1.82) is 0 Å². The van der Waals surface area contributed by atoms with Gasteiger partial charge in [0.05, 0.1) is 12.2 Å². The number of carbonyl (C=O) groups is 1. The molecule has 3 heteroatoms. The van der Waals surface area contributed by atoms with Crippen LogP contribution in [0.5, 0.6) is 5.75 Å². The number of aromatic carboxylic acids is 1. The van der Waals surface area contributed by atoms with Crippen LogP contribution in [0.3, 0.4) is 0 Å². The van der Waals surface area contributed by atoms with Crippen LogP contribution in [-0.2, 0) is 5.41 Å². The maximum absolute atomic E-state index is 11.2. The van der Waals surface area contributed by atoms with E-state index in [1.165, 1.54) is 5.56 Å². The Bertz CT molecular complexity index is 860. The molecule has 1 heterocycles. The fraction of sp³-hybridized carbons (Fsp3) is 0.318. The van der Waals surface area contributed by atoms with Gasteiger partial charge in [0.15, 0.2) is 0 Å². The molecule has 1 aliphatic rings. The lowest BCUT2D eigenvalue weighted by molar-refractivity contribution is 0.0696. The number of ether oxygens (including phenoxy) is 1. The molecule has 130 valence electrons. The highest BCUT2D eigenvalue weighted by Crippen LogP contribution is 2.40. The topological polar surface area (TPSA) is 46.5 Å². The van der Waals surface area contributed by atoms with Crippen molar-refractivity contribution in [3.8, 4) is 5.75 Å². The van der Waals surface area contributed by atoms with Crippen LogP contribution >= 0.6 is 0 Å². The maximum atomic E-state index is 11.2. The molecule has 3 rings (SSSR count). The predicted molar refractivity (Wildman–Crippen MR) is 100 cm³/mol. The van der Waals surface area contributed by atoms with Crippen molar-refractivity contribution >= 4 is 11.5 Å². The average Bonchev–Trinajstić information content (AvgIpc) is 2.55. The minimum Gasteiger partial charge on any atom is -0.493 e. The Kier molecular flexibility index (Phi) is 4.42. The summed E-state index contributed by atoms with van der Waals surface area (Å²) in [7, 11) is 0. The molecule has 2 aromatic rings. The van der Waals surface area contributed by atoms with Crippen LogP contribution in [0.4, 0.5) is 0 Å². The van der Waals surface area contributed by atoms with Gasteiger partial charge < -0.3 is 9.84 Å². The second kappa shape index (κ2) is 6.40. The van der Waals surface area contributed by atoms with Crippen molar-refractivity contribution < 1.29 is 14.6 Å². The van der Waals surface area contributed by atoms with Crippen LogP contribution in [-0.4, -0.2) is 17.7 Å². The Morgan fingerprint density at radius 1 is 1.16 bits per heavy atom. The maximum Gasteiger partial charge on any atom is 0.335 e. The van der Waals surface area contributed by atoms with Crippen molar-refractivity contribution in [1.82, 2.24) is 0 Å². The van der Waals surface area contributed by atoms with Crippen LogP contribution in [0, 0.1) is 6.92 Å². The van der Waals surface area contributed by atoms with Crippen LogP contribution < -0.4 is 4.74 Å². The smallest absolute Gasteiger partial charge is 0.335 e. The normalized spacial score (nSPS) is 16.1. The monoisotopic (exact) mass is 336 g/mol. The minimum atomic E-state index is -0.890. The number of rotatable bonds is 3. The van der Waals surface area contributed by atoms with Crippen molar-refractivity contribution in [2.75, 3.05) is 6.61 Å². The second-order valence-corrected chi connectivity index (χ2v) is 7.23. The summed E-state index contributed by atoms with van der Waals surface area (Å²) in [5.74, 6) is 0.0756. The lowest BCUT2D eigenvalue weighted by atomic mass is 9.78. The number of allylic oxidation sites excluding steroid dienone is 1. The second-order valence-electron chi connectivity index (χ2n) is 7.23. The molecule has 0 amide bonds. The highest BCUT2D eigenvalue weighted by atomic mass is 16.5. The molecule has 0 saturated carbocycles. The molecule has 0 radical (unpaired) electrons. The van der Waals surface area contributed by atoms with Crippen molar-refractivity contribution in [2.24, 2.45) is 0 Å². The van der Waals surface area contributed by atoms with Crippen molar-refractivity contribution in [2.45, 2.75) is 39.5 Å². The molecule has 1 aliphatic heterocycles. The van der Waals surface area contributed by atoms with Gasteiger partial charge in [0.25, 0.3) is 0 Å². The Balaban J connectivity index is 2.06. The van der Waals surface area contributed by atoms with Gasteiger partial charge in [-0.05, 0) is 66.1 Å². The summed E-state index contributed by atoms with van der Waals surface area (Å²) in [4.78, 5) is 11.2. The summed E-state index contributed by atoms with van der Waals surface area (Å²) in [5.41, 5.74) is 5.69. The summed E-state index contributed by atoms with van der Waals surface area (Å²) in [5, 5.41) is 9.23. The number of aryl methyl sites for hydroxylation is 1. The molecule has 0 aliphatic carbocycles. The number of hydrogen-bond donors (Lipinski definition) is 1. The first-order valence-electron chi connectivity index (χ1n) is 8.62. The molecule has 3 nitrogen and oxygen atoms in total. The van der Waals surface area contributed by atoms with Gasteiger partial charge >= 0.3 is 5.97 Å². The third-order valence-electron chi connectivity index (χ3n) is 5.06. The molecule has 1 N–H and O–H groups in total. The van der Waals surface area contributed by atoms with Crippen LogP contribution in [0.2, 0.25) is 0 Å². The zero-order valence-corrected chi connectivity index (χ0v) is 15.2. The number of hydrogen-bond acceptors (Lipinski definition) is 2. The lowest BCUT2D eigenvalue weighted by Crippen LogP contribution is -2.26. The summed E-state index contributed by atoms with van der Waals surface area (Å²) >= 11 is 0. The largest absolute Gasteiger partial charge is 0.493 e. The quantitative estimate of drug-likeness (QED) is 0.837. The first-order valence-corrected chi connectivity index (χ1v) is 8.62. The number of benzene rings is 2. The Morgan fingerprint density at radius 2 is 1.84 bits per heavy atom. The van der Waals surface area contributed by atoms with E-state index < -0.39 is 5.97 Å². The van der Waals surface area contributed by atoms with E-state index in [4.69, 9.17) is 4.74 Å². The standard InChI is InChI=1S/C22H24O3/c1-5-17(15-6-8-18(21(23)24)14(2)12-15)16-7-9-20-19(13-16)22(3,4)10-11-25-20/h5-9,12-13H,10-11H2,1-4H3,(H,23,24)/b17-5+. The molecule has 0 unspecified atom stereocenters. The third kappa shape index (κ3) is 3.19. The van der Waals surface area contributed by atoms with Crippen molar-refractivity contribution in [3.05, 3.63) is 70.3 Å². The molecule has 25 heavy (non-hydrogen) atoms. The van der Waals surface area contributed by atoms with Gasteiger partial charge in [-0.3, -0.25) is 0 Å². The molecule has 0 bridgehead atoms. The van der Waals surface area contributed by atoms with Gasteiger partial charge in [0.1, 0.15) is 5.75 Å². The van der Waals surface area contributed by atoms with E-state index in [0.29, 0.717) is 5.56 Å². The zero-order chi connectivity index (χ0) is 18.2. The SMILES string of the molecule is C/C=C(\c1ccc(C(=O)O)c(C)c1)c1ccc2c(c1)C(C)(C)CCO2. The summed E-state index contributed by atoms with van der Waals surface area (Å²) in [6.07, 6.45) is 3.08. The molecular weight excluding hydrogens is 312 g/mol. The molecule has 0 saturated heterocycles. The predicted octanol–water partition coefficient (Wildman–Crippen LogP) is 5.20. The van der Waals surface area contributed by atoms with Gasteiger partial charge in [-0.25, -0.2) is 4.79 Å². The summed E-state index contributed by atoms with van der Waals surface area (Å²) in [6, 6.07) is 11.8. The number of carboxylic acids is 1. The van der Waals surface area contributed by atoms with Gasteiger partial charge in [-0.15, -0.1) is 0 Å². The van der Waals surface area contributed by atoms with Gasteiger partial charge in [-0.2, -0.15) is 0 Å². The van der Waals surface area contributed by atoms with E-state index in [2.05, 4.69) is 32.1 Å². The van der Waals surface area contributed by atoms with Crippen LogP contribution in [0.1, 0.15) is 59.8 Å². The van der Waals surface area contributed by atoms with Gasteiger partial charge in [0.2, 0.25) is 0 Å². The Morgan fingerprint density at radius 3 is 2.48 bits per heavy atom. The first-order chi connectivity index (χ1) is 11.8. The van der Waals surface area contributed by atoms with Crippen molar-refractivity contribution in [3.63, 3.8) is 0 Å². The van der Waals surface area contributed by atoms with E-state index >= 15 is 0 Å². The molecule has 0 atom stereocenters.